The second kappa shape index (κ2) is 8.90. The summed E-state index contributed by atoms with van der Waals surface area (Å²) in [6.07, 6.45) is 6.44. The van der Waals surface area contributed by atoms with Crippen molar-refractivity contribution in [1.29, 1.82) is 5.26 Å². The average Bonchev–Trinajstić information content (AvgIpc) is 2.55. The van der Waals surface area contributed by atoms with Crippen LogP contribution in [0.25, 0.3) is 0 Å². The normalized spacial score (nSPS) is 26.6. The lowest BCUT2D eigenvalue weighted by atomic mass is 9.67. The molecular weight excluding hydrogens is 364 g/mol. The number of aryl methyl sites for hydroxylation is 1. The molecule has 4 N–H and O–H groups in total. The van der Waals surface area contributed by atoms with Gasteiger partial charge in [0.15, 0.2) is 0 Å². The number of carbonyl (C=O) groups is 1. The monoisotopic (exact) mass is 392 g/mol. The largest absolute Gasteiger partial charge is 0.353 e. The predicted octanol–water partition coefficient (Wildman–Crippen LogP) is 2.24. The molecule has 27 heavy (non-hydrogen) atoms. The van der Waals surface area contributed by atoms with Crippen LogP contribution in [-0.4, -0.2) is 23.0 Å². The molecule has 6 nitrogen and oxygen atoms in total. The number of amides is 1. The van der Waals surface area contributed by atoms with Gasteiger partial charge in [-0.05, 0) is 68.9 Å². The van der Waals surface area contributed by atoms with Gasteiger partial charge in [0.05, 0.1) is 0 Å². The third-order valence-electron chi connectivity index (χ3n) is 6.23. The minimum atomic E-state index is -0.359. The van der Waals surface area contributed by atoms with Gasteiger partial charge in [-0.2, -0.15) is 5.26 Å². The fourth-order valence-corrected chi connectivity index (χ4v) is 4.94. The maximum atomic E-state index is 12.6. The van der Waals surface area contributed by atoms with E-state index in [2.05, 4.69) is 10.3 Å². The van der Waals surface area contributed by atoms with Gasteiger partial charge in [-0.3, -0.25) is 9.59 Å². The van der Waals surface area contributed by atoms with E-state index >= 15 is 0 Å². The number of nitrogens with two attached hydrogens (primary N) is 1. The smallest absolute Gasteiger partial charge is 0.266 e. The van der Waals surface area contributed by atoms with E-state index in [1.54, 1.807) is 6.92 Å². The highest BCUT2D eigenvalue weighted by Crippen LogP contribution is 2.39. The van der Waals surface area contributed by atoms with E-state index in [0.29, 0.717) is 30.2 Å². The quantitative estimate of drug-likeness (QED) is 0.729. The van der Waals surface area contributed by atoms with Gasteiger partial charge in [0.2, 0.25) is 5.91 Å². The number of hydrogen-bond acceptors (Lipinski definition) is 4. The number of carbonyl (C=O) groups excluding carboxylic acids is 1. The van der Waals surface area contributed by atoms with Crippen LogP contribution < -0.4 is 16.6 Å². The van der Waals surface area contributed by atoms with Gasteiger partial charge in [-0.25, -0.2) is 0 Å². The molecule has 0 spiro atoms. The van der Waals surface area contributed by atoms with Gasteiger partial charge in [0.25, 0.3) is 5.56 Å². The number of pyridine rings is 1. The van der Waals surface area contributed by atoms with Crippen molar-refractivity contribution in [2.75, 3.05) is 0 Å². The molecule has 1 aromatic heterocycles. The van der Waals surface area contributed by atoms with Crippen molar-refractivity contribution >= 4 is 18.3 Å². The Balaban J connectivity index is 0.00000261. The number of aromatic nitrogens is 1. The molecule has 2 bridgehead atoms. The van der Waals surface area contributed by atoms with Crippen molar-refractivity contribution in [3.63, 3.8) is 0 Å². The first-order chi connectivity index (χ1) is 12.4. The summed E-state index contributed by atoms with van der Waals surface area (Å²) in [5.74, 6) is 1.05. The lowest BCUT2D eigenvalue weighted by Gasteiger charge is -2.45. The fourth-order valence-electron chi connectivity index (χ4n) is 4.94. The Labute approximate surface area is 166 Å². The number of nitrogens with one attached hydrogen (secondary N) is 2. The summed E-state index contributed by atoms with van der Waals surface area (Å²) < 4.78 is 0. The highest BCUT2D eigenvalue weighted by Gasteiger charge is 2.39. The lowest BCUT2D eigenvalue weighted by molar-refractivity contribution is -0.123. The van der Waals surface area contributed by atoms with Crippen molar-refractivity contribution in [3.8, 4) is 6.07 Å². The second-order valence-corrected chi connectivity index (χ2v) is 7.95. The number of rotatable bonds is 4. The summed E-state index contributed by atoms with van der Waals surface area (Å²) in [5, 5.41) is 12.4. The minimum Gasteiger partial charge on any atom is -0.353 e. The molecule has 2 fully saturated rings. The van der Waals surface area contributed by atoms with Crippen LogP contribution in [0.2, 0.25) is 0 Å². The van der Waals surface area contributed by atoms with Crippen molar-refractivity contribution in [2.24, 2.45) is 17.6 Å². The molecule has 148 valence electrons. The molecule has 2 atom stereocenters. The number of H-pyrrole nitrogens is 1. The number of aromatic amines is 1. The average molecular weight is 393 g/mol. The van der Waals surface area contributed by atoms with Gasteiger partial charge in [-0.1, -0.05) is 6.42 Å². The molecule has 2 aliphatic carbocycles. The van der Waals surface area contributed by atoms with Crippen LogP contribution in [-0.2, 0) is 11.2 Å². The van der Waals surface area contributed by atoms with E-state index in [0.717, 1.165) is 36.9 Å². The second-order valence-electron chi connectivity index (χ2n) is 7.95. The zero-order valence-electron chi connectivity index (χ0n) is 16.0. The number of hydrogen-bond donors (Lipinski definition) is 3. The molecule has 2 saturated carbocycles. The first kappa shape index (κ1) is 21.5. The van der Waals surface area contributed by atoms with E-state index < -0.39 is 0 Å². The predicted molar refractivity (Wildman–Crippen MR) is 107 cm³/mol. The molecule has 0 aromatic carbocycles. The first-order valence-corrected chi connectivity index (χ1v) is 9.58. The molecule has 0 saturated heterocycles. The summed E-state index contributed by atoms with van der Waals surface area (Å²) in [6, 6.07) is 2.48. The van der Waals surface area contributed by atoms with E-state index in [-0.39, 0.29) is 41.5 Å². The van der Waals surface area contributed by atoms with Gasteiger partial charge >= 0.3 is 0 Å². The SMILES string of the molecule is Cc1[nH]c(=O)c(C#N)c(C)c1CCC(=O)NC1C2CCCC1CC(N)C2.Cl. The number of halogens is 1. The number of nitrogens with zero attached hydrogens (tertiary/aromatic N) is 1. The van der Waals surface area contributed by atoms with Crippen molar-refractivity contribution < 1.29 is 4.79 Å². The molecule has 0 radical (unpaired) electrons. The summed E-state index contributed by atoms with van der Waals surface area (Å²) in [7, 11) is 0. The minimum absolute atomic E-state index is 0. The topological polar surface area (TPSA) is 112 Å². The summed E-state index contributed by atoms with van der Waals surface area (Å²) in [5.41, 5.74) is 8.25. The van der Waals surface area contributed by atoms with Crippen molar-refractivity contribution in [1.82, 2.24) is 10.3 Å². The zero-order chi connectivity index (χ0) is 18.8. The third-order valence-corrected chi connectivity index (χ3v) is 6.23. The van der Waals surface area contributed by atoms with E-state index in [1.165, 1.54) is 6.42 Å². The van der Waals surface area contributed by atoms with E-state index in [9.17, 15) is 9.59 Å². The Morgan fingerprint density at radius 3 is 2.52 bits per heavy atom. The Hall–Kier alpha value is -1.84. The van der Waals surface area contributed by atoms with Gasteiger partial charge < -0.3 is 16.0 Å². The maximum Gasteiger partial charge on any atom is 0.266 e. The van der Waals surface area contributed by atoms with Crippen molar-refractivity contribution in [2.45, 2.75) is 70.9 Å². The van der Waals surface area contributed by atoms with Crippen LogP contribution in [0.4, 0.5) is 0 Å². The Bertz CT molecular complexity index is 784. The first-order valence-electron chi connectivity index (χ1n) is 9.58. The summed E-state index contributed by atoms with van der Waals surface area (Å²) >= 11 is 0. The molecule has 2 aliphatic rings. The van der Waals surface area contributed by atoms with Crippen molar-refractivity contribution in [3.05, 3.63) is 32.7 Å². The highest BCUT2D eigenvalue weighted by atomic mass is 35.5. The molecule has 0 aliphatic heterocycles. The number of nitriles is 1. The van der Waals surface area contributed by atoms with E-state index in [4.69, 9.17) is 11.0 Å². The standard InChI is InChI=1S/C20H28N4O2.ClH/c1-11-16(12(2)23-20(26)17(11)10-21)6-7-18(25)24-19-13-4-3-5-14(19)9-15(22)8-13;/h13-15,19H,3-9,22H2,1-2H3,(H,23,26)(H,24,25);1H. The third kappa shape index (κ3) is 4.53. The summed E-state index contributed by atoms with van der Waals surface area (Å²) in [4.78, 5) is 27.1. The van der Waals surface area contributed by atoms with Crippen LogP contribution in [0, 0.1) is 37.0 Å². The molecule has 7 heteroatoms. The fraction of sp³-hybridized carbons (Fsp3) is 0.650. The maximum absolute atomic E-state index is 12.6. The van der Waals surface area contributed by atoms with Crippen LogP contribution in [0.15, 0.2) is 4.79 Å². The Kier molecular flexibility index (Phi) is 7.07. The summed E-state index contributed by atoms with van der Waals surface area (Å²) in [6.45, 7) is 3.59. The van der Waals surface area contributed by atoms with Gasteiger partial charge in [0, 0.05) is 24.2 Å². The molecule has 2 unspecified atom stereocenters. The van der Waals surface area contributed by atoms with Crippen LogP contribution in [0.5, 0.6) is 0 Å². The highest BCUT2D eigenvalue weighted by molar-refractivity contribution is 5.85. The van der Waals surface area contributed by atoms with E-state index in [1.807, 2.05) is 13.0 Å². The Morgan fingerprint density at radius 1 is 1.30 bits per heavy atom. The zero-order valence-corrected chi connectivity index (χ0v) is 16.8. The van der Waals surface area contributed by atoms with Crippen LogP contribution in [0.3, 0.4) is 0 Å². The molecule has 1 aromatic rings. The Morgan fingerprint density at radius 2 is 1.93 bits per heavy atom. The molecule has 1 amide bonds. The van der Waals surface area contributed by atoms with Gasteiger partial charge in [0.1, 0.15) is 11.6 Å². The molecule has 3 rings (SSSR count). The number of fused-ring (bicyclic) bond motifs is 2. The van der Waals surface area contributed by atoms with Crippen LogP contribution >= 0.6 is 12.4 Å². The van der Waals surface area contributed by atoms with Gasteiger partial charge in [-0.15, -0.1) is 12.4 Å². The lowest BCUT2D eigenvalue weighted by Crippen LogP contribution is -2.53. The van der Waals surface area contributed by atoms with Crippen LogP contribution in [0.1, 0.15) is 60.9 Å². The molecule has 1 heterocycles. The molecular formula is C20H29ClN4O2.